The number of nitrogens with one attached hydrogen (secondary N) is 1. The summed E-state index contributed by atoms with van der Waals surface area (Å²) in [6.07, 6.45) is 1.10. The molecular formula is C23H23N3O4S. The van der Waals surface area contributed by atoms with Gasteiger partial charge in [0.2, 0.25) is 10.0 Å². The molecule has 7 nitrogen and oxygen atoms in total. The summed E-state index contributed by atoms with van der Waals surface area (Å²) in [5.41, 5.74) is 4.55. The molecule has 0 heterocycles. The third kappa shape index (κ3) is 5.49. The highest BCUT2D eigenvalue weighted by Crippen LogP contribution is 2.25. The van der Waals surface area contributed by atoms with Crippen LogP contribution in [0.2, 0.25) is 0 Å². The average Bonchev–Trinajstić information content (AvgIpc) is 2.76. The van der Waals surface area contributed by atoms with E-state index in [0.717, 1.165) is 11.8 Å². The third-order valence-corrected chi connectivity index (χ3v) is 5.73. The predicted molar refractivity (Wildman–Crippen MR) is 122 cm³/mol. The second kappa shape index (κ2) is 9.44. The minimum atomic E-state index is -3.67. The molecule has 0 aliphatic carbocycles. The quantitative estimate of drug-likeness (QED) is 0.436. The van der Waals surface area contributed by atoms with E-state index in [1.165, 1.54) is 10.4 Å². The molecule has 0 aliphatic rings. The average molecular weight is 438 g/mol. The van der Waals surface area contributed by atoms with Crippen LogP contribution in [0.15, 0.2) is 84.0 Å². The zero-order chi connectivity index (χ0) is 22.4. The number of hydrogen-bond acceptors (Lipinski definition) is 5. The molecule has 0 radical (unpaired) electrons. The lowest BCUT2D eigenvalue weighted by Crippen LogP contribution is -2.32. The summed E-state index contributed by atoms with van der Waals surface area (Å²) in [4.78, 5) is 12.9. The summed E-state index contributed by atoms with van der Waals surface area (Å²) < 4.78 is 26.3. The minimum Gasteiger partial charge on any atom is -0.507 e. The van der Waals surface area contributed by atoms with Gasteiger partial charge in [0.25, 0.3) is 5.91 Å². The monoisotopic (exact) mass is 437 g/mol. The molecule has 31 heavy (non-hydrogen) atoms. The van der Waals surface area contributed by atoms with Crippen LogP contribution >= 0.6 is 0 Å². The minimum absolute atomic E-state index is 0.0458. The number of amides is 1. The van der Waals surface area contributed by atoms with Crippen LogP contribution in [-0.2, 0) is 16.6 Å². The number of sulfonamides is 1. The molecular weight excluding hydrogens is 414 g/mol. The van der Waals surface area contributed by atoms with Gasteiger partial charge in [-0.15, -0.1) is 0 Å². The van der Waals surface area contributed by atoms with Crippen molar-refractivity contribution >= 4 is 27.3 Å². The zero-order valence-corrected chi connectivity index (χ0v) is 18.0. The first-order valence-corrected chi connectivity index (χ1v) is 11.4. The van der Waals surface area contributed by atoms with E-state index >= 15 is 0 Å². The van der Waals surface area contributed by atoms with Crippen LogP contribution in [0.5, 0.6) is 5.75 Å². The van der Waals surface area contributed by atoms with E-state index in [1.807, 2.05) is 30.3 Å². The van der Waals surface area contributed by atoms with E-state index in [4.69, 9.17) is 0 Å². The lowest BCUT2D eigenvalue weighted by atomic mass is 10.1. The zero-order valence-electron chi connectivity index (χ0n) is 17.2. The maximum Gasteiger partial charge on any atom is 0.273 e. The van der Waals surface area contributed by atoms with Crippen molar-refractivity contribution in [1.82, 2.24) is 5.43 Å². The number of phenolic OH excluding ortho intramolecular Hbond substituents is 1. The Morgan fingerprint density at radius 3 is 2.16 bits per heavy atom. The van der Waals surface area contributed by atoms with Gasteiger partial charge in [0.15, 0.2) is 0 Å². The lowest BCUT2D eigenvalue weighted by Gasteiger charge is -2.24. The molecule has 0 spiro atoms. The first kappa shape index (κ1) is 22.0. The summed E-state index contributed by atoms with van der Waals surface area (Å²) in [6.45, 7) is 1.74. The van der Waals surface area contributed by atoms with Gasteiger partial charge in [0.05, 0.1) is 29.8 Å². The van der Waals surface area contributed by atoms with Crippen LogP contribution in [-0.4, -0.2) is 31.4 Å². The largest absolute Gasteiger partial charge is 0.507 e. The number of anilines is 1. The Bertz CT molecular complexity index is 1210. The predicted octanol–water partition coefficient (Wildman–Crippen LogP) is 3.51. The van der Waals surface area contributed by atoms with Crippen molar-refractivity contribution in [2.24, 2.45) is 5.10 Å². The number of phenols is 1. The summed E-state index contributed by atoms with van der Waals surface area (Å²) in [7, 11) is -3.67. The van der Waals surface area contributed by atoms with Gasteiger partial charge in [0, 0.05) is 5.56 Å². The van der Waals surface area contributed by atoms with Crippen molar-refractivity contribution in [1.29, 1.82) is 0 Å². The Balaban J connectivity index is 1.91. The summed E-state index contributed by atoms with van der Waals surface area (Å²) in [5.74, 6) is -0.517. The molecule has 160 valence electrons. The number of carbonyl (C=O) groups excluding carboxylic acids is 1. The van der Waals surface area contributed by atoms with Crippen LogP contribution < -0.4 is 9.73 Å². The standard InChI is InChI=1S/C23H23N3O4S/c1-17(19-12-7-9-15-22(19)27)24-25-23(28)20-13-6-8-14-21(20)26(31(2,29)30)16-18-10-4-3-5-11-18/h3-15,27H,16H2,1-2H3,(H,25,28)/b24-17+. The van der Waals surface area contributed by atoms with Gasteiger partial charge in [-0.25, -0.2) is 13.8 Å². The Morgan fingerprint density at radius 2 is 1.52 bits per heavy atom. The Hall–Kier alpha value is -3.65. The van der Waals surface area contributed by atoms with Gasteiger partial charge in [-0.05, 0) is 36.8 Å². The van der Waals surface area contributed by atoms with Gasteiger partial charge in [-0.2, -0.15) is 5.10 Å². The molecule has 0 aliphatic heterocycles. The van der Waals surface area contributed by atoms with Crippen molar-refractivity contribution in [3.63, 3.8) is 0 Å². The number of nitrogens with zero attached hydrogens (tertiary/aromatic N) is 2. The fraction of sp³-hybridized carbons (Fsp3) is 0.130. The Morgan fingerprint density at radius 1 is 0.935 bits per heavy atom. The molecule has 0 saturated carbocycles. The number of benzene rings is 3. The molecule has 1 amide bonds. The summed E-state index contributed by atoms with van der Waals surface area (Å²) in [6, 6.07) is 22.2. The molecule has 2 N–H and O–H groups in total. The smallest absolute Gasteiger partial charge is 0.273 e. The van der Waals surface area contributed by atoms with Crippen LogP contribution in [0.1, 0.15) is 28.4 Å². The number of para-hydroxylation sites is 2. The van der Waals surface area contributed by atoms with E-state index in [9.17, 15) is 18.3 Å². The normalized spacial score (nSPS) is 11.7. The van der Waals surface area contributed by atoms with Gasteiger partial charge in [0.1, 0.15) is 5.75 Å². The number of carbonyl (C=O) groups is 1. The van der Waals surface area contributed by atoms with Crippen molar-refractivity contribution < 1.29 is 18.3 Å². The number of aromatic hydroxyl groups is 1. The molecule has 0 atom stereocenters. The molecule has 3 rings (SSSR count). The molecule has 3 aromatic carbocycles. The van der Waals surface area contributed by atoms with E-state index in [2.05, 4.69) is 10.5 Å². The van der Waals surface area contributed by atoms with Gasteiger partial charge in [-0.3, -0.25) is 9.10 Å². The Labute approximate surface area is 181 Å². The summed E-state index contributed by atoms with van der Waals surface area (Å²) in [5, 5.41) is 14.0. The maximum atomic E-state index is 12.9. The Kier molecular flexibility index (Phi) is 6.71. The van der Waals surface area contributed by atoms with E-state index in [-0.39, 0.29) is 23.5 Å². The van der Waals surface area contributed by atoms with Crippen molar-refractivity contribution in [2.45, 2.75) is 13.5 Å². The van der Waals surface area contributed by atoms with E-state index in [1.54, 1.807) is 49.4 Å². The topological polar surface area (TPSA) is 99.1 Å². The number of hydrogen-bond donors (Lipinski definition) is 2. The maximum absolute atomic E-state index is 12.9. The fourth-order valence-corrected chi connectivity index (χ4v) is 3.95. The highest BCUT2D eigenvalue weighted by Gasteiger charge is 2.23. The highest BCUT2D eigenvalue weighted by atomic mass is 32.2. The molecule has 0 fully saturated rings. The summed E-state index contributed by atoms with van der Waals surface area (Å²) >= 11 is 0. The number of hydrazone groups is 1. The molecule has 8 heteroatoms. The first-order chi connectivity index (χ1) is 14.8. The molecule has 0 bridgehead atoms. The van der Waals surface area contributed by atoms with Crippen LogP contribution in [0.25, 0.3) is 0 Å². The van der Waals surface area contributed by atoms with Crippen LogP contribution in [0.3, 0.4) is 0 Å². The number of rotatable bonds is 7. The molecule has 0 unspecified atom stereocenters. The third-order valence-electron chi connectivity index (χ3n) is 4.61. The van der Waals surface area contributed by atoms with Crippen LogP contribution in [0.4, 0.5) is 5.69 Å². The van der Waals surface area contributed by atoms with Crippen molar-refractivity contribution in [3.05, 3.63) is 95.6 Å². The van der Waals surface area contributed by atoms with Crippen molar-refractivity contribution in [2.75, 3.05) is 10.6 Å². The highest BCUT2D eigenvalue weighted by molar-refractivity contribution is 7.92. The van der Waals surface area contributed by atoms with Crippen molar-refractivity contribution in [3.8, 4) is 5.75 Å². The molecule has 0 aromatic heterocycles. The van der Waals surface area contributed by atoms with E-state index < -0.39 is 15.9 Å². The van der Waals surface area contributed by atoms with Gasteiger partial charge in [-0.1, -0.05) is 54.6 Å². The SMILES string of the molecule is C/C(=N\NC(=O)c1ccccc1N(Cc1ccccc1)S(C)(=O)=O)c1ccccc1O. The van der Waals surface area contributed by atoms with Crippen LogP contribution in [0, 0.1) is 0 Å². The fourth-order valence-electron chi connectivity index (χ4n) is 3.05. The second-order valence-electron chi connectivity index (χ2n) is 6.93. The van der Waals surface area contributed by atoms with Gasteiger partial charge < -0.3 is 5.11 Å². The lowest BCUT2D eigenvalue weighted by molar-refractivity contribution is 0.0955. The first-order valence-electron chi connectivity index (χ1n) is 9.51. The second-order valence-corrected chi connectivity index (χ2v) is 8.83. The van der Waals surface area contributed by atoms with E-state index in [0.29, 0.717) is 11.3 Å². The molecule has 0 saturated heterocycles. The van der Waals surface area contributed by atoms with Gasteiger partial charge >= 0.3 is 0 Å². The molecule has 3 aromatic rings.